The second kappa shape index (κ2) is 10.1. The summed E-state index contributed by atoms with van der Waals surface area (Å²) in [5, 5.41) is 12.0. The molecule has 1 N–H and O–H groups in total. The predicted octanol–water partition coefficient (Wildman–Crippen LogP) is 4.46. The van der Waals surface area contributed by atoms with Gasteiger partial charge in [0.2, 0.25) is 11.7 Å². The Hall–Kier alpha value is -3.75. The third-order valence-electron chi connectivity index (χ3n) is 5.64. The molecule has 192 valence electrons. The molecule has 3 atom stereocenters. The third kappa shape index (κ3) is 6.08. The van der Waals surface area contributed by atoms with Crippen molar-refractivity contribution in [3.8, 4) is 17.2 Å². The minimum absolute atomic E-state index is 0.0624. The lowest BCUT2D eigenvalue weighted by molar-refractivity contribution is -0.145. The van der Waals surface area contributed by atoms with Gasteiger partial charge in [0.25, 0.3) is 0 Å². The number of rotatable bonds is 4. The maximum Gasteiger partial charge on any atom is 0.451 e. The summed E-state index contributed by atoms with van der Waals surface area (Å²) in [5.41, 5.74) is -0.168. The molecule has 8 nitrogen and oxygen atoms in total. The molecule has 2 heterocycles. The van der Waals surface area contributed by atoms with E-state index in [1.54, 1.807) is 27.7 Å². The first-order chi connectivity index (χ1) is 16.7. The molecule has 0 saturated carbocycles. The fourth-order valence-corrected chi connectivity index (χ4v) is 3.84. The number of hydrogen-bond donors (Lipinski definition) is 1. The van der Waals surface area contributed by atoms with Crippen molar-refractivity contribution in [2.45, 2.75) is 64.5 Å². The third-order valence-corrected chi connectivity index (χ3v) is 5.64. The van der Waals surface area contributed by atoms with E-state index >= 15 is 0 Å². The van der Waals surface area contributed by atoms with E-state index in [9.17, 15) is 32.4 Å². The first kappa shape index (κ1) is 26.8. The summed E-state index contributed by atoms with van der Waals surface area (Å²) in [7, 11) is 0. The number of alkyl halides is 3. The number of carbonyl (C=O) groups is 2. The lowest BCUT2D eigenvalue weighted by Crippen LogP contribution is -2.50. The molecule has 1 unspecified atom stereocenters. The van der Waals surface area contributed by atoms with Crippen LogP contribution in [-0.2, 0) is 22.3 Å². The van der Waals surface area contributed by atoms with Crippen molar-refractivity contribution in [3.05, 3.63) is 47.8 Å². The van der Waals surface area contributed by atoms with Crippen LogP contribution in [0.5, 0.6) is 0 Å². The molecule has 2 amide bonds. The molecule has 3 rings (SSSR count). The molecule has 12 heteroatoms. The van der Waals surface area contributed by atoms with E-state index in [0.29, 0.717) is 5.56 Å². The van der Waals surface area contributed by atoms with Gasteiger partial charge in [0, 0.05) is 36.1 Å². The second-order valence-electron chi connectivity index (χ2n) is 9.43. The highest BCUT2D eigenvalue weighted by Gasteiger charge is 2.46. The van der Waals surface area contributed by atoms with E-state index in [2.05, 4.69) is 21.4 Å². The van der Waals surface area contributed by atoms with Crippen LogP contribution in [0.3, 0.4) is 0 Å². The van der Waals surface area contributed by atoms with Crippen molar-refractivity contribution in [3.63, 3.8) is 0 Å². The summed E-state index contributed by atoms with van der Waals surface area (Å²) in [4.78, 5) is 33.5. The van der Waals surface area contributed by atoms with Gasteiger partial charge in [0.15, 0.2) is 0 Å². The normalized spacial score (nSPS) is 20.1. The molecule has 0 aliphatic carbocycles. The number of halogens is 4. The average Bonchev–Trinajstić information content (AvgIpc) is 3.13. The van der Waals surface area contributed by atoms with Crippen LogP contribution in [0.4, 0.5) is 22.4 Å². The number of nitriles is 1. The highest BCUT2D eigenvalue weighted by atomic mass is 19.4. The standard InChI is InChI=1S/C24H25F4N5O3/c1-13-15(9-29)8-19(33(13)22(35)36-23(2,3)4)20(34)30-10-16-7-14(5-6-18(16)25)17-11-31-21(32-12-17)24(26,27)28/h5-7,11-13,15,19H,8,10H2,1-4H3,(H,30,34)/t13-,15-,19?/m0/s1. The summed E-state index contributed by atoms with van der Waals surface area (Å²) in [6.07, 6.45) is -3.37. The first-order valence-electron chi connectivity index (χ1n) is 11.1. The van der Waals surface area contributed by atoms with Crippen LogP contribution in [-0.4, -0.2) is 44.6 Å². The van der Waals surface area contributed by atoms with E-state index in [1.807, 2.05) is 0 Å². The van der Waals surface area contributed by atoms with E-state index in [4.69, 9.17) is 4.74 Å². The Balaban J connectivity index is 1.76. The maximum atomic E-state index is 14.4. The highest BCUT2D eigenvalue weighted by molar-refractivity contribution is 5.86. The number of benzene rings is 1. The molecule has 1 fully saturated rings. The van der Waals surface area contributed by atoms with Crippen molar-refractivity contribution < 1.29 is 31.9 Å². The molecule has 0 radical (unpaired) electrons. The van der Waals surface area contributed by atoms with Crippen LogP contribution in [0.15, 0.2) is 30.6 Å². The Morgan fingerprint density at radius 3 is 2.39 bits per heavy atom. The molecular formula is C24H25F4N5O3. The lowest BCUT2D eigenvalue weighted by Gasteiger charge is -2.30. The molecule has 2 aromatic rings. The predicted molar refractivity (Wildman–Crippen MR) is 119 cm³/mol. The van der Waals surface area contributed by atoms with E-state index in [1.165, 1.54) is 17.0 Å². The van der Waals surface area contributed by atoms with Crippen LogP contribution in [0, 0.1) is 23.1 Å². The van der Waals surface area contributed by atoms with Gasteiger partial charge < -0.3 is 10.1 Å². The van der Waals surface area contributed by atoms with Gasteiger partial charge in [-0.1, -0.05) is 6.07 Å². The first-order valence-corrected chi connectivity index (χ1v) is 11.1. The quantitative estimate of drug-likeness (QED) is 0.613. The van der Waals surface area contributed by atoms with Crippen molar-refractivity contribution in [1.29, 1.82) is 5.26 Å². The number of nitrogens with zero attached hydrogens (tertiary/aromatic N) is 4. The number of carbonyl (C=O) groups excluding carboxylic acids is 2. The van der Waals surface area contributed by atoms with Gasteiger partial charge in [-0.3, -0.25) is 9.69 Å². The number of nitrogens with one attached hydrogen (secondary N) is 1. The van der Waals surface area contributed by atoms with Crippen LogP contribution in [0.2, 0.25) is 0 Å². The monoisotopic (exact) mass is 507 g/mol. The number of ether oxygens (including phenoxy) is 1. The minimum Gasteiger partial charge on any atom is -0.444 e. The molecule has 0 spiro atoms. The Bertz CT molecular complexity index is 1170. The van der Waals surface area contributed by atoms with Gasteiger partial charge in [0.05, 0.1) is 12.0 Å². The minimum atomic E-state index is -4.69. The Morgan fingerprint density at radius 2 is 1.83 bits per heavy atom. The summed E-state index contributed by atoms with van der Waals surface area (Å²) >= 11 is 0. The number of hydrogen-bond acceptors (Lipinski definition) is 6. The van der Waals surface area contributed by atoms with E-state index in [0.717, 1.165) is 18.5 Å². The van der Waals surface area contributed by atoms with Crippen molar-refractivity contribution >= 4 is 12.0 Å². The molecule has 1 saturated heterocycles. The van der Waals surface area contributed by atoms with Crippen LogP contribution in [0.25, 0.3) is 11.1 Å². The smallest absolute Gasteiger partial charge is 0.444 e. The Labute approximate surface area is 205 Å². The molecule has 1 aromatic carbocycles. The summed E-state index contributed by atoms with van der Waals surface area (Å²) < 4.78 is 58.0. The SMILES string of the molecule is C[C@H]1[C@H](C#N)CC(C(=O)NCc2cc(-c3cnc(C(F)(F)F)nc3)ccc2F)N1C(=O)OC(C)(C)C. The fourth-order valence-electron chi connectivity index (χ4n) is 3.84. The lowest BCUT2D eigenvalue weighted by atomic mass is 10.0. The number of amides is 2. The maximum absolute atomic E-state index is 14.4. The molecule has 1 aliphatic heterocycles. The zero-order valence-corrected chi connectivity index (χ0v) is 20.1. The van der Waals surface area contributed by atoms with E-state index in [-0.39, 0.29) is 24.1 Å². The zero-order chi connectivity index (χ0) is 26.8. The van der Waals surface area contributed by atoms with Gasteiger partial charge in [-0.2, -0.15) is 18.4 Å². The van der Waals surface area contributed by atoms with Crippen molar-refractivity contribution in [1.82, 2.24) is 20.2 Å². The van der Waals surface area contributed by atoms with Crippen molar-refractivity contribution in [2.75, 3.05) is 0 Å². The van der Waals surface area contributed by atoms with Gasteiger partial charge in [-0.15, -0.1) is 0 Å². The van der Waals surface area contributed by atoms with Crippen molar-refractivity contribution in [2.24, 2.45) is 5.92 Å². The number of likely N-dealkylation sites (tertiary alicyclic amines) is 1. The van der Waals surface area contributed by atoms with Gasteiger partial charge >= 0.3 is 12.3 Å². The topological polar surface area (TPSA) is 108 Å². The molecule has 36 heavy (non-hydrogen) atoms. The number of aromatic nitrogens is 2. The molecule has 0 bridgehead atoms. The summed E-state index contributed by atoms with van der Waals surface area (Å²) in [5.74, 6) is -3.12. The summed E-state index contributed by atoms with van der Waals surface area (Å²) in [6, 6.07) is 4.37. The summed E-state index contributed by atoms with van der Waals surface area (Å²) in [6.45, 7) is 6.44. The van der Waals surface area contributed by atoms with Crippen LogP contribution < -0.4 is 5.32 Å². The van der Waals surface area contributed by atoms with Crippen LogP contribution >= 0.6 is 0 Å². The average molecular weight is 507 g/mol. The molecule has 1 aromatic heterocycles. The molecule has 1 aliphatic rings. The highest BCUT2D eigenvalue weighted by Crippen LogP contribution is 2.32. The molecular weight excluding hydrogens is 482 g/mol. The largest absolute Gasteiger partial charge is 0.451 e. The van der Waals surface area contributed by atoms with E-state index < -0.39 is 53.4 Å². The Kier molecular flexibility index (Phi) is 7.52. The second-order valence-corrected chi connectivity index (χ2v) is 9.43. The van der Waals surface area contributed by atoms with Gasteiger partial charge in [-0.05, 0) is 51.8 Å². The van der Waals surface area contributed by atoms with Gasteiger partial charge in [-0.25, -0.2) is 19.2 Å². The fraction of sp³-hybridized carbons (Fsp3) is 0.458. The zero-order valence-electron chi connectivity index (χ0n) is 20.1. The van der Waals surface area contributed by atoms with Gasteiger partial charge in [0.1, 0.15) is 17.5 Å². The van der Waals surface area contributed by atoms with Crippen LogP contribution in [0.1, 0.15) is 45.5 Å². The Morgan fingerprint density at radius 1 is 1.19 bits per heavy atom.